The third-order valence-corrected chi connectivity index (χ3v) is 2.03. The van der Waals surface area contributed by atoms with E-state index in [0.29, 0.717) is 5.41 Å². The molecule has 0 saturated heterocycles. The van der Waals surface area contributed by atoms with Crippen LogP contribution >= 0.6 is 15.9 Å². The third-order valence-electron chi connectivity index (χ3n) is 1.35. The van der Waals surface area contributed by atoms with Crippen molar-refractivity contribution in [3.05, 3.63) is 10.6 Å². The Morgan fingerprint density at radius 2 is 1.75 bits per heavy atom. The summed E-state index contributed by atoms with van der Waals surface area (Å²) in [4.78, 5) is 1.98. The maximum atomic E-state index is 3.29. The van der Waals surface area contributed by atoms with Gasteiger partial charge in [-0.1, -0.05) is 42.3 Å². The molecule has 0 radical (unpaired) electrons. The molecule has 0 saturated carbocycles. The minimum Gasteiger partial charge on any atom is -0.0610 e. The largest absolute Gasteiger partial charge is 0.0610 e. The van der Waals surface area contributed by atoms with Gasteiger partial charge >= 0.3 is 0 Å². The van der Waals surface area contributed by atoms with Crippen LogP contribution in [0.2, 0.25) is 0 Å². The Morgan fingerprint density at radius 3 is 1.75 bits per heavy atom. The molecule has 0 heterocycles. The van der Waals surface area contributed by atoms with Crippen molar-refractivity contribution < 1.29 is 0 Å². The second kappa shape index (κ2) is 2.67. The lowest BCUT2D eigenvalue weighted by Crippen LogP contribution is -2.05. The van der Waals surface area contributed by atoms with E-state index in [-0.39, 0.29) is 0 Å². The zero-order chi connectivity index (χ0) is 6.78. The van der Waals surface area contributed by atoms with Crippen LogP contribution in [0.3, 0.4) is 0 Å². The third kappa shape index (κ3) is 2.51. The molecule has 0 aliphatic heterocycles. The lowest BCUT2D eigenvalue weighted by atomic mass is 9.89. The van der Waals surface area contributed by atoms with E-state index in [2.05, 4.69) is 43.6 Å². The van der Waals surface area contributed by atoms with Gasteiger partial charge in [-0.05, 0) is 17.3 Å². The molecule has 0 amide bonds. The molecule has 1 heteroatoms. The van der Waals surface area contributed by atoms with Gasteiger partial charge in [0, 0.05) is 0 Å². The zero-order valence-corrected chi connectivity index (χ0v) is 7.54. The maximum absolute atomic E-state index is 3.29. The van der Waals surface area contributed by atoms with Crippen molar-refractivity contribution in [3.63, 3.8) is 0 Å². The molecular weight excluding hydrogens is 164 g/mol. The average Bonchev–Trinajstić information content (AvgIpc) is 1.62. The Balaban J connectivity index is 4.03. The standard InChI is InChI=1S/C7H13Br/c1-6(5-8)7(2,3)4/h5H,1-4H3/b6-5+. The van der Waals surface area contributed by atoms with Crippen LogP contribution in [0.4, 0.5) is 0 Å². The minimum atomic E-state index is 0.323. The fraction of sp³-hybridized carbons (Fsp3) is 0.714. The molecule has 0 atom stereocenters. The van der Waals surface area contributed by atoms with Crippen molar-refractivity contribution in [1.82, 2.24) is 0 Å². The first-order valence-corrected chi connectivity index (χ1v) is 3.67. The van der Waals surface area contributed by atoms with Crippen LogP contribution in [0.15, 0.2) is 10.6 Å². The molecule has 48 valence electrons. The van der Waals surface area contributed by atoms with Crippen LogP contribution in [0, 0.1) is 5.41 Å². The van der Waals surface area contributed by atoms with E-state index in [4.69, 9.17) is 0 Å². The van der Waals surface area contributed by atoms with Gasteiger partial charge in [-0.15, -0.1) is 0 Å². The van der Waals surface area contributed by atoms with Gasteiger partial charge in [-0.25, -0.2) is 0 Å². The molecule has 0 bridgehead atoms. The summed E-state index contributed by atoms with van der Waals surface area (Å²) in [6, 6.07) is 0. The quantitative estimate of drug-likeness (QED) is 0.532. The second-order valence-electron chi connectivity index (χ2n) is 3.04. The van der Waals surface area contributed by atoms with E-state index in [1.165, 1.54) is 5.57 Å². The van der Waals surface area contributed by atoms with E-state index in [0.717, 1.165) is 0 Å². The van der Waals surface area contributed by atoms with Crippen molar-refractivity contribution in [3.8, 4) is 0 Å². The van der Waals surface area contributed by atoms with Gasteiger partial charge in [0.25, 0.3) is 0 Å². The summed E-state index contributed by atoms with van der Waals surface area (Å²) in [6.07, 6.45) is 0. The van der Waals surface area contributed by atoms with Gasteiger partial charge in [0.15, 0.2) is 0 Å². The summed E-state index contributed by atoms with van der Waals surface area (Å²) in [5, 5.41) is 0. The van der Waals surface area contributed by atoms with Gasteiger partial charge in [0.1, 0.15) is 0 Å². The van der Waals surface area contributed by atoms with Crippen LogP contribution in [0.1, 0.15) is 27.7 Å². The Hall–Kier alpha value is 0.220. The molecule has 0 N–H and O–H groups in total. The van der Waals surface area contributed by atoms with Crippen molar-refractivity contribution in [1.29, 1.82) is 0 Å². The lowest BCUT2D eigenvalue weighted by molar-refractivity contribution is 0.505. The van der Waals surface area contributed by atoms with E-state index in [1.54, 1.807) is 0 Å². The predicted molar refractivity (Wildman–Crippen MR) is 42.1 cm³/mol. The molecule has 0 aromatic rings. The number of allylic oxidation sites excluding steroid dienone is 1. The molecule has 0 aromatic carbocycles. The zero-order valence-electron chi connectivity index (χ0n) is 5.96. The number of rotatable bonds is 0. The van der Waals surface area contributed by atoms with Crippen LogP contribution in [0.25, 0.3) is 0 Å². The molecular formula is C7H13Br. The predicted octanol–water partition coefficient (Wildman–Crippen LogP) is 3.33. The summed E-state index contributed by atoms with van der Waals surface area (Å²) in [6.45, 7) is 8.70. The Labute approximate surface area is 60.1 Å². The number of hydrogen-bond acceptors (Lipinski definition) is 0. The second-order valence-corrected chi connectivity index (χ2v) is 3.50. The number of halogens is 1. The molecule has 0 aliphatic carbocycles. The van der Waals surface area contributed by atoms with Gasteiger partial charge < -0.3 is 0 Å². The Morgan fingerprint density at radius 1 is 1.38 bits per heavy atom. The van der Waals surface area contributed by atoms with E-state index in [9.17, 15) is 0 Å². The fourth-order valence-electron chi connectivity index (χ4n) is 0.164. The Kier molecular flexibility index (Phi) is 2.75. The maximum Gasteiger partial charge on any atom is -0.0168 e. The molecule has 0 aromatic heterocycles. The molecule has 0 rings (SSSR count). The van der Waals surface area contributed by atoms with Gasteiger partial charge in [-0.2, -0.15) is 0 Å². The topological polar surface area (TPSA) is 0 Å². The SMILES string of the molecule is C/C(=C\Br)C(C)(C)C. The van der Waals surface area contributed by atoms with Gasteiger partial charge in [0.2, 0.25) is 0 Å². The van der Waals surface area contributed by atoms with E-state index >= 15 is 0 Å². The van der Waals surface area contributed by atoms with Gasteiger partial charge in [-0.3, -0.25) is 0 Å². The fourth-order valence-corrected chi connectivity index (χ4v) is 0.850. The summed E-state index contributed by atoms with van der Waals surface area (Å²) >= 11 is 3.29. The Bertz CT molecular complexity index is 95.4. The first-order chi connectivity index (χ1) is 3.48. The normalized spacial score (nSPS) is 14.4. The molecule has 0 spiro atoms. The highest BCUT2D eigenvalue weighted by molar-refractivity contribution is 9.11. The smallest absolute Gasteiger partial charge is 0.0168 e. The van der Waals surface area contributed by atoms with Gasteiger partial charge in [0.05, 0.1) is 0 Å². The first-order valence-electron chi connectivity index (χ1n) is 2.76. The van der Waals surface area contributed by atoms with Crippen LogP contribution < -0.4 is 0 Å². The van der Waals surface area contributed by atoms with E-state index in [1.807, 2.05) is 4.99 Å². The van der Waals surface area contributed by atoms with Crippen molar-refractivity contribution in [2.24, 2.45) is 5.41 Å². The van der Waals surface area contributed by atoms with Crippen molar-refractivity contribution in [2.45, 2.75) is 27.7 Å². The monoisotopic (exact) mass is 176 g/mol. The summed E-state index contributed by atoms with van der Waals surface area (Å²) in [7, 11) is 0. The summed E-state index contributed by atoms with van der Waals surface area (Å²) in [5.41, 5.74) is 1.70. The molecule has 0 unspecified atom stereocenters. The first kappa shape index (κ1) is 8.22. The van der Waals surface area contributed by atoms with Crippen LogP contribution in [-0.2, 0) is 0 Å². The molecule has 0 aliphatic rings. The van der Waals surface area contributed by atoms with Crippen LogP contribution in [-0.4, -0.2) is 0 Å². The van der Waals surface area contributed by atoms with Crippen molar-refractivity contribution >= 4 is 15.9 Å². The number of hydrogen-bond donors (Lipinski definition) is 0. The highest BCUT2D eigenvalue weighted by Gasteiger charge is 2.10. The molecule has 0 fully saturated rings. The lowest BCUT2D eigenvalue weighted by Gasteiger charge is -2.17. The molecule has 8 heavy (non-hydrogen) atoms. The molecule has 0 nitrogen and oxygen atoms in total. The summed E-state index contributed by atoms with van der Waals surface area (Å²) < 4.78 is 0. The highest BCUT2D eigenvalue weighted by Crippen LogP contribution is 2.24. The summed E-state index contributed by atoms with van der Waals surface area (Å²) in [5.74, 6) is 0. The van der Waals surface area contributed by atoms with Crippen molar-refractivity contribution in [2.75, 3.05) is 0 Å². The average molecular weight is 177 g/mol. The van der Waals surface area contributed by atoms with E-state index < -0.39 is 0 Å². The minimum absolute atomic E-state index is 0.323. The highest BCUT2D eigenvalue weighted by atomic mass is 79.9. The van der Waals surface area contributed by atoms with Crippen LogP contribution in [0.5, 0.6) is 0 Å².